The Labute approximate surface area is 160 Å². The van der Waals surface area contributed by atoms with Gasteiger partial charge in [-0.05, 0) is 32.3 Å². The smallest absolute Gasteiger partial charge is 0.245 e. The molecule has 1 aromatic carbocycles. The Morgan fingerprint density at radius 1 is 1.11 bits per heavy atom. The van der Waals surface area contributed by atoms with Gasteiger partial charge in [-0.2, -0.15) is 5.10 Å². The third-order valence-corrected chi connectivity index (χ3v) is 4.58. The quantitative estimate of drug-likeness (QED) is 0.794. The zero-order valence-corrected chi connectivity index (χ0v) is 16.1. The number of nitrogens with zero attached hydrogens (tertiary/aromatic N) is 5. The van der Waals surface area contributed by atoms with Crippen LogP contribution in [-0.4, -0.2) is 64.8 Å². The van der Waals surface area contributed by atoms with E-state index in [9.17, 15) is 4.79 Å². The highest BCUT2D eigenvalue weighted by molar-refractivity contribution is 5.78. The topological polar surface area (TPSA) is 74.2 Å². The molecule has 144 valence electrons. The van der Waals surface area contributed by atoms with Crippen LogP contribution in [0.15, 0.2) is 36.5 Å². The van der Waals surface area contributed by atoms with E-state index in [-0.39, 0.29) is 11.9 Å². The molecular formula is C20H28N6O. The highest BCUT2D eigenvalue weighted by Gasteiger charge is 2.21. The van der Waals surface area contributed by atoms with Gasteiger partial charge in [0.25, 0.3) is 0 Å². The molecular weight excluding hydrogens is 340 g/mol. The average Bonchev–Trinajstić information content (AvgIpc) is 2.67. The predicted molar refractivity (Wildman–Crippen MR) is 106 cm³/mol. The van der Waals surface area contributed by atoms with Crippen molar-refractivity contribution >= 4 is 11.9 Å². The number of hydrogen-bond acceptors (Lipinski definition) is 6. The molecule has 1 saturated heterocycles. The summed E-state index contributed by atoms with van der Waals surface area (Å²) in [6.07, 6.45) is 3.54. The summed E-state index contributed by atoms with van der Waals surface area (Å²) < 4.78 is 0. The fraction of sp³-hybridized carbons (Fsp3) is 0.500. The Kier molecular flexibility index (Phi) is 6.70. The Hall–Kier alpha value is -2.54. The van der Waals surface area contributed by atoms with E-state index in [1.165, 1.54) is 5.56 Å². The molecule has 0 saturated carbocycles. The Balaban J connectivity index is 1.50. The lowest BCUT2D eigenvalue weighted by Crippen LogP contribution is -2.50. The number of amides is 1. The Morgan fingerprint density at radius 3 is 2.56 bits per heavy atom. The van der Waals surface area contributed by atoms with E-state index in [1.54, 1.807) is 6.20 Å². The van der Waals surface area contributed by atoms with E-state index in [2.05, 4.69) is 49.6 Å². The first-order chi connectivity index (χ1) is 13.1. The minimum atomic E-state index is 0.0827. The van der Waals surface area contributed by atoms with Crippen molar-refractivity contribution in [1.82, 2.24) is 25.4 Å². The molecule has 7 heteroatoms. The van der Waals surface area contributed by atoms with Gasteiger partial charge < -0.3 is 10.2 Å². The first kappa shape index (κ1) is 19.2. The number of nitrogens with one attached hydrogen (secondary N) is 1. The van der Waals surface area contributed by atoms with Crippen molar-refractivity contribution < 1.29 is 4.79 Å². The van der Waals surface area contributed by atoms with E-state index in [0.717, 1.165) is 44.7 Å². The van der Waals surface area contributed by atoms with Crippen LogP contribution in [0.4, 0.5) is 5.95 Å². The van der Waals surface area contributed by atoms with E-state index >= 15 is 0 Å². The minimum absolute atomic E-state index is 0.0827. The number of benzene rings is 1. The fourth-order valence-corrected chi connectivity index (χ4v) is 3.18. The molecule has 1 amide bonds. The van der Waals surface area contributed by atoms with Crippen LogP contribution in [-0.2, 0) is 17.6 Å². The van der Waals surface area contributed by atoms with E-state index in [1.807, 2.05) is 19.9 Å². The largest absolute Gasteiger partial charge is 0.353 e. The van der Waals surface area contributed by atoms with Gasteiger partial charge >= 0.3 is 0 Å². The summed E-state index contributed by atoms with van der Waals surface area (Å²) in [6, 6.07) is 10.6. The highest BCUT2D eigenvalue weighted by Crippen LogP contribution is 2.12. The van der Waals surface area contributed by atoms with Crippen LogP contribution in [0.2, 0.25) is 0 Å². The van der Waals surface area contributed by atoms with Crippen LogP contribution in [0.3, 0.4) is 0 Å². The average molecular weight is 368 g/mol. The molecule has 7 nitrogen and oxygen atoms in total. The van der Waals surface area contributed by atoms with Gasteiger partial charge in [0.15, 0.2) is 0 Å². The Morgan fingerprint density at radius 2 is 1.85 bits per heavy atom. The lowest BCUT2D eigenvalue weighted by atomic mass is 10.1. The molecule has 0 atom stereocenters. The van der Waals surface area contributed by atoms with Crippen LogP contribution in [0.1, 0.15) is 25.1 Å². The summed E-state index contributed by atoms with van der Waals surface area (Å²) in [7, 11) is 0. The summed E-state index contributed by atoms with van der Waals surface area (Å²) in [5.41, 5.74) is 2.26. The number of carbonyl (C=O) groups is 1. The standard InChI is InChI=1S/C20H28N6O/c1-16(2)22-19(27)15-25-10-12-26(13-11-25)20-23-18(14-21-24-20)9-8-17-6-4-3-5-7-17/h3-7,14,16H,8-13,15H2,1-2H3,(H,22,27). The molecule has 1 aromatic heterocycles. The zero-order valence-electron chi connectivity index (χ0n) is 16.1. The first-order valence-corrected chi connectivity index (χ1v) is 9.59. The van der Waals surface area contributed by atoms with Crippen molar-refractivity contribution in [3.8, 4) is 0 Å². The molecule has 3 rings (SSSR count). The second-order valence-electron chi connectivity index (χ2n) is 7.22. The number of aryl methyl sites for hydroxylation is 2. The lowest BCUT2D eigenvalue weighted by molar-refractivity contribution is -0.122. The summed E-state index contributed by atoms with van der Waals surface area (Å²) in [4.78, 5) is 20.9. The van der Waals surface area contributed by atoms with Crippen LogP contribution in [0, 0.1) is 0 Å². The minimum Gasteiger partial charge on any atom is -0.353 e. The SMILES string of the molecule is CC(C)NC(=O)CN1CCN(c2nncc(CCc3ccccc3)n2)CC1. The number of piperazine rings is 1. The van der Waals surface area contributed by atoms with Crippen molar-refractivity contribution in [2.45, 2.75) is 32.7 Å². The van der Waals surface area contributed by atoms with E-state index < -0.39 is 0 Å². The maximum Gasteiger partial charge on any atom is 0.245 e. The third kappa shape index (κ3) is 5.99. The molecule has 0 spiro atoms. The molecule has 1 aliphatic rings. The van der Waals surface area contributed by atoms with Gasteiger partial charge in [-0.1, -0.05) is 30.3 Å². The number of aromatic nitrogens is 3. The summed E-state index contributed by atoms with van der Waals surface area (Å²) in [6.45, 7) is 7.65. The monoisotopic (exact) mass is 368 g/mol. The molecule has 2 heterocycles. The van der Waals surface area contributed by atoms with Crippen LogP contribution in [0.25, 0.3) is 0 Å². The molecule has 0 radical (unpaired) electrons. The Bertz CT molecular complexity index is 728. The van der Waals surface area contributed by atoms with Gasteiger partial charge in [-0.25, -0.2) is 4.98 Å². The van der Waals surface area contributed by atoms with Crippen LogP contribution < -0.4 is 10.2 Å². The zero-order chi connectivity index (χ0) is 19.1. The fourth-order valence-electron chi connectivity index (χ4n) is 3.18. The molecule has 0 bridgehead atoms. The van der Waals surface area contributed by atoms with Crippen molar-refractivity contribution in [2.24, 2.45) is 0 Å². The maximum absolute atomic E-state index is 11.9. The number of anilines is 1. The van der Waals surface area contributed by atoms with Gasteiger partial charge in [0.1, 0.15) is 0 Å². The summed E-state index contributed by atoms with van der Waals surface area (Å²) in [5.74, 6) is 0.770. The molecule has 1 aliphatic heterocycles. The molecule has 1 fully saturated rings. The van der Waals surface area contributed by atoms with E-state index in [0.29, 0.717) is 12.5 Å². The van der Waals surface area contributed by atoms with Crippen molar-refractivity contribution in [1.29, 1.82) is 0 Å². The second-order valence-corrected chi connectivity index (χ2v) is 7.22. The molecule has 27 heavy (non-hydrogen) atoms. The maximum atomic E-state index is 11.9. The van der Waals surface area contributed by atoms with Crippen molar-refractivity contribution in [3.63, 3.8) is 0 Å². The number of rotatable bonds is 7. The number of hydrogen-bond donors (Lipinski definition) is 1. The van der Waals surface area contributed by atoms with Crippen molar-refractivity contribution in [3.05, 3.63) is 47.8 Å². The first-order valence-electron chi connectivity index (χ1n) is 9.59. The van der Waals surface area contributed by atoms with Gasteiger partial charge in [0.2, 0.25) is 11.9 Å². The molecule has 0 aliphatic carbocycles. The van der Waals surface area contributed by atoms with Crippen molar-refractivity contribution in [2.75, 3.05) is 37.6 Å². The molecule has 0 unspecified atom stereocenters. The number of carbonyl (C=O) groups excluding carboxylic acids is 1. The lowest BCUT2D eigenvalue weighted by Gasteiger charge is -2.34. The van der Waals surface area contributed by atoms with Gasteiger partial charge in [0, 0.05) is 32.2 Å². The third-order valence-electron chi connectivity index (χ3n) is 4.58. The summed E-state index contributed by atoms with van der Waals surface area (Å²) >= 11 is 0. The summed E-state index contributed by atoms with van der Waals surface area (Å²) in [5, 5.41) is 11.3. The molecule has 2 aromatic rings. The van der Waals surface area contributed by atoms with Crippen LogP contribution >= 0.6 is 0 Å². The van der Waals surface area contributed by atoms with E-state index in [4.69, 9.17) is 4.98 Å². The van der Waals surface area contributed by atoms with Gasteiger partial charge in [-0.15, -0.1) is 5.10 Å². The van der Waals surface area contributed by atoms with Gasteiger partial charge in [-0.3, -0.25) is 9.69 Å². The predicted octanol–water partition coefficient (Wildman–Crippen LogP) is 1.30. The second kappa shape index (κ2) is 9.41. The van der Waals surface area contributed by atoms with Gasteiger partial charge in [0.05, 0.1) is 18.4 Å². The molecule has 1 N–H and O–H groups in total. The van der Waals surface area contributed by atoms with Crippen LogP contribution in [0.5, 0.6) is 0 Å². The highest BCUT2D eigenvalue weighted by atomic mass is 16.2. The normalized spacial score (nSPS) is 15.1.